The molecule has 1 unspecified atom stereocenters. The fraction of sp³-hybridized carbons (Fsp3) is 0.350. The van der Waals surface area contributed by atoms with Gasteiger partial charge in [0.05, 0.1) is 31.9 Å². The van der Waals surface area contributed by atoms with E-state index in [4.69, 9.17) is 16.3 Å². The predicted octanol–water partition coefficient (Wildman–Crippen LogP) is -0.265. The zero-order chi connectivity index (χ0) is 17.8. The van der Waals surface area contributed by atoms with Gasteiger partial charge >= 0.3 is 0 Å². The predicted molar refractivity (Wildman–Crippen MR) is 101 cm³/mol. The summed E-state index contributed by atoms with van der Waals surface area (Å²) in [4.78, 5) is 16.4. The first-order chi connectivity index (χ1) is 12.1. The average Bonchev–Trinajstić information content (AvgIpc) is 2.64. The number of fused-ring (bicyclic) bond motifs is 1. The van der Waals surface area contributed by atoms with Gasteiger partial charge in [0.15, 0.2) is 0 Å². The van der Waals surface area contributed by atoms with Gasteiger partial charge in [-0.25, -0.2) is 0 Å². The Hall–Kier alpha value is -1.75. The number of carbonyl (C=O) groups excluding carboxylic acids is 1. The van der Waals surface area contributed by atoms with Crippen molar-refractivity contribution in [3.05, 3.63) is 59.1 Å². The number of anilines is 1. The van der Waals surface area contributed by atoms with Crippen molar-refractivity contribution in [3.8, 4) is 5.75 Å². The third-order valence-corrected chi connectivity index (χ3v) is 4.97. The van der Waals surface area contributed by atoms with E-state index in [1.807, 2.05) is 47.4 Å². The van der Waals surface area contributed by atoms with Crippen LogP contribution in [0.15, 0.2) is 48.5 Å². The number of amides is 1. The highest BCUT2D eigenvalue weighted by atomic mass is 35.5. The Morgan fingerprint density at radius 1 is 1.12 bits per heavy atom. The molecule has 6 heteroatoms. The molecule has 1 aliphatic heterocycles. The smallest absolute Gasteiger partial charge is 0.273 e. The van der Waals surface area contributed by atoms with Gasteiger partial charge in [-0.2, -0.15) is 0 Å². The number of hydrogen-bond donors (Lipinski definition) is 1. The summed E-state index contributed by atoms with van der Waals surface area (Å²) in [6.45, 7) is 7.95. The summed E-state index contributed by atoms with van der Waals surface area (Å²) in [7, 11) is 0. The first-order valence-corrected chi connectivity index (χ1v) is 9.18. The Morgan fingerprint density at radius 3 is 2.46 bits per heavy atom. The van der Waals surface area contributed by atoms with Gasteiger partial charge in [0.25, 0.3) is 5.91 Å². The monoisotopic (exact) mass is 394 g/mol. The van der Waals surface area contributed by atoms with Gasteiger partial charge in [-0.05, 0) is 32.0 Å². The van der Waals surface area contributed by atoms with Gasteiger partial charge in [-0.1, -0.05) is 41.9 Å². The van der Waals surface area contributed by atoms with Gasteiger partial charge in [0, 0.05) is 10.6 Å². The second-order valence-corrected chi connectivity index (χ2v) is 6.65. The fourth-order valence-corrected chi connectivity index (χ4v) is 3.35. The van der Waals surface area contributed by atoms with Crippen LogP contribution in [0.2, 0.25) is 5.02 Å². The molecule has 0 saturated heterocycles. The average molecular weight is 395 g/mol. The van der Waals surface area contributed by atoms with Crippen LogP contribution < -0.4 is 26.9 Å². The lowest BCUT2D eigenvalue weighted by molar-refractivity contribution is -0.894. The zero-order valence-electron chi connectivity index (χ0n) is 15.0. The van der Waals surface area contributed by atoms with Crippen LogP contribution in [0.3, 0.4) is 0 Å². The standard InChI is InChI=1S/C20H23ClN2O2.ClH/c1-3-22(4-2)12-13-23-17-14-16(21)10-11-18(17)25-19(20(23)24)15-8-6-5-7-9-15;/h5-11,14,19H,3-4,12-13H2,1-2H3;1H. The Bertz CT molecular complexity index is 736. The third-order valence-electron chi connectivity index (χ3n) is 4.74. The first kappa shape index (κ1) is 20.6. The summed E-state index contributed by atoms with van der Waals surface area (Å²) in [5.74, 6) is 0.667. The molecule has 2 aromatic carbocycles. The van der Waals surface area contributed by atoms with E-state index in [2.05, 4.69) is 13.8 Å². The molecule has 1 N–H and O–H groups in total. The molecule has 26 heavy (non-hydrogen) atoms. The lowest BCUT2D eigenvalue weighted by atomic mass is 10.1. The largest absolute Gasteiger partial charge is 1.00 e. The topological polar surface area (TPSA) is 34.0 Å². The summed E-state index contributed by atoms with van der Waals surface area (Å²) in [5, 5.41) is 0.605. The van der Waals surface area contributed by atoms with Crippen LogP contribution in [0.25, 0.3) is 0 Å². The van der Waals surface area contributed by atoms with E-state index < -0.39 is 6.10 Å². The van der Waals surface area contributed by atoms with E-state index in [-0.39, 0.29) is 18.3 Å². The Balaban J connectivity index is 0.00000243. The molecule has 140 valence electrons. The van der Waals surface area contributed by atoms with Gasteiger partial charge in [0.2, 0.25) is 6.10 Å². The summed E-state index contributed by atoms with van der Waals surface area (Å²) in [5.41, 5.74) is 1.63. The van der Waals surface area contributed by atoms with Crippen LogP contribution >= 0.6 is 11.6 Å². The SMILES string of the molecule is CC[NH+](CC)CCN1C(=O)C(c2ccccc2)Oc2ccc(Cl)cc21.[Cl-]. The molecule has 1 aliphatic rings. The Kier molecular flexibility index (Phi) is 7.33. The van der Waals surface area contributed by atoms with E-state index in [1.54, 1.807) is 6.07 Å². The molecule has 1 amide bonds. The van der Waals surface area contributed by atoms with Crippen molar-refractivity contribution in [1.29, 1.82) is 0 Å². The number of hydrogen-bond acceptors (Lipinski definition) is 2. The number of nitrogens with one attached hydrogen (secondary N) is 1. The molecule has 3 rings (SSSR count). The first-order valence-electron chi connectivity index (χ1n) is 8.80. The number of likely N-dealkylation sites (N-methyl/N-ethyl adjacent to an activating group) is 1. The maximum Gasteiger partial charge on any atom is 0.273 e. The quantitative estimate of drug-likeness (QED) is 0.731. The molecule has 2 aromatic rings. The van der Waals surface area contributed by atoms with Crippen LogP contribution in [0, 0.1) is 0 Å². The van der Waals surface area contributed by atoms with Crippen molar-refractivity contribution in [2.24, 2.45) is 0 Å². The number of ether oxygens (including phenoxy) is 1. The number of carbonyl (C=O) groups is 1. The van der Waals surface area contributed by atoms with Crippen LogP contribution in [-0.2, 0) is 4.79 Å². The van der Waals surface area contributed by atoms with Gasteiger partial charge < -0.3 is 22.0 Å². The van der Waals surface area contributed by atoms with E-state index in [0.717, 1.165) is 30.9 Å². The van der Waals surface area contributed by atoms with Crippen LogP contribution in [0.5, 0.6) is 5.75 Å². The molecule has 0 spiro atoms. The maximum absolute atomic E-state index is 13.1. The van der Waals surface area contributed by atoms with Gasteiger partial charge in [0.1, 0.15) is 5.75 Å². The normalized spacial score (nSPS) is 16.1. The molecule has 0 radical (unpaired) electrons. The fourth-order valence-electron chi connectivity index (χ4n) is 3.18. The highest BCUT2D eigenvalue weighted by molar-refractivity contribution is 6.31. The zero-order valence-corrected chi connectivity index (χ0v) is 16.6. The van der Waals surface area contributed by atoms with Crippen molar-refractivity contribution in [3.63, 3.8) is 0 Å². The van der Waals surface area contributed by atoms with Crippen molar-refractivity contribution in [1.82, 2.24) is 0 Å². The number of rotatable bonds is 6. The van der Waals surface area contributed by atoms with Crippen molar-refractivity contribution >= 4 is 23.2 Å². The molecular weight excluding hydrogens is 371 g/mol. The highest BCUT2D eigenvalue weighted by Gasteiger charge is 2.35. The second kappa shape index (κ2) is 9.26. The van der Waals surface area contributed by atoms with Crippen LogP contribution in [0.4, 0.5) is 5.69 Å². The van der Waals surface area contributed by atoms with Crippen LogP contribution in [0.1, 0.15) is 25.5 Å². The minimum atomic E-state index is -0.610. The van der Waals surface area contributed by atoms with E-state index >= 15 is 0 Å². The Labute approximate surface area is 166 Å². The summed E-state index contributed by atoms with van der Waals surface area (Å²) in [6.07, 6.45) is -0.610. The molecule has 4 nitrogen and oxygen atoms in total. The minimum absolute atomic E-state index is 0. The lowest BCUT2D eigenvalue weighted by Crippen LogP contribution is -3.12. The molecule has 0 fully saturated rings. The second-order valence-electron chi connectivity index (χ2n) is 6.22. The van der Waals surface area contributed by atoms with Crippen LogP contribution in [-0.4, -0.2) is 32.1 Å². The Morgan fingerprint density at radius 2 is 1.81 bits per heavy atom. The summed E-state index contributed by atoms with van der Waals surface area (Å²) >= 11 is 6.16. The molecule has 0 aliphatic carbocycles. The molecular formula is C20H24Cl2N2O2. The number of halogens is 2. The molecule has 0 saturated carbocycles. The van der Waals surface area contributed by atoms with E-state index in [9.17, 15) is 4.79 Å². The van der Waals surface area contributed by atoms with Gasteiger partial charge in [-0.15, -0.1) is 0 Å². The van der Waals surface area contributed by atoms with Crippen molar-refractivity contribution in [2.45, 2.75) is 20.0 Å². The summed E-state index contributed by atoms with van der Waals surface area (Å²) in [6, 6.07) is 15.1. The van der Waals surface area contributed by atoms with Gasteiger partial charge in [-0.3, -0.25) is 9.69 Å². The highest BCUT2D eigenvalue weighted by Crippen LogP contribution is 2.40. The van der Waals surface area contributed by atoms with E-state index in [0.29, 0.717) is 17.3 Å². The number of quaternary nitrogens is 1. The molecule has 0 aromatic heterocycles. The maximum atomic E-state index is 13.1. The lowest BCUT2D eigenvalue weighted by Gasteiger charge is -2.35. The minimum Gasteiger partial charge on any atom is -1.00 e. The number of benzene rings is 2. The van der Waals surface area contributed by atoms with Crippen molar-refractivity contribution < 1.29 is 26.8 Å². The number of nitrogens with zero attached hydrogens (tertiary/aromatic N) is 1. The third kappa shape index (κ3) is 4.32. The molecule has 0 bridgehead atoms. The summed E-state index contributed by atoms with van der Waals surface area (Å²) < 4.78 is 6.02. The molecule has 1 atom stereocenters. The molecule has 1 heterocycles. The van der Waals surface area contributed by atoms with E-state index in [1.165, 1.54) is 4.90 Å². The van der Waals surface area contributed by atoms with Crippen molar-refractivity contribution in [2.75, 3.05) is 31.1 Å².